The van der Waals surface area contributed by atoms with E-state index in [4.69, 9.17) is 4.74 Å². The lowest BCUT2D eigenvalue weighted by Gasteiger charge is -2.34. The lowest BCUT2D eigenvalue weighted by Crippen LogP contribution is -2.49. The molecule has 168 valence electrons. The van der Waals surface area contributed by atoms with E-state index in [-0.39, 0.29) is 4.90 Å². The van der Waals surface area contributed by atoms with Crippen molar-refractivity contribution in [1.29, 1.82) is 0 Å². The van der Waals surface area contributed by atoms with Crippen LogP contribution in [-0.4, -0.2) is 56.2 Å². The molecule has 32 heavy (non-hydrogen) atoms. The topological polar surface area (TPSA) is 75.6 Å². The van der Waals surface area contributed by atoms with Gasteiger partial charge < -0.3 is 9.64 Å². The van der Waals surface area contributed by atoms with E-state index in [0.717, 1.165) is 28.2 Å². The van der Waals surface area contributed by atoms with Gasteiger partial charge in [-0.1, -0.05) is 29.8 Å². The van der Waals surface area contributed by atoms with Crippen molar-refractivity contribution in [3.8, 4) is 17.0 Å². The third-order valence-electron chi connectivity index (χ3n) is 5.81. The van der Waals surface area contributed by atoms with Gasteiger partial charge in [0.25, 0.3) is 0 Å². The van der Waals surface area contributed by atoms with Gasteiger partial charge in [-0.25, -0.2) is 8.42 Å². The van der Waals surface area contributed by atoms with E-state index in [1.54, 1.807) is 12.1 Å². The predicted molar refractivity (Wildman–Crippen MR) is 126 cm³/mol. The number of benzene rings is 2. The second-order valence-electron chi connectivity index (χ2n) is 8.14. The SMILES string of the molecule is COc1ccc(C)cc1S(=O)(=O)N1CCN(c2ccc(-c3ccc(C)cc3C)nn2)CC1. The first-order valence-corrected chi connectivity index (χ1v) is 12.0. The lowest BCUT2D eigenvalue weighted by molar-refractivity contribution is 0.373. The molecule has 1 aliphatic heterocycles. The van der Waals surface area contributed by atoms with Gasteiger partial charge in [-0.2, -0.15) is 4.31 Å². The molecule has 0 aliphatic carbocycles. The molecule has 0 unspecified atom stereocenters. The first-order chi connectivity index (χ1) is 15.3. The Morgan fingerprint density at radius 1 is 0.844 bits per heavy atom. The van der Waals surface area contributed by atoms with E-state index in [0.29, 0.717) is 31.9 Å². The number of methoxy groups -OCH3 is 1. The Hall–Kier alpha value is -2.97. The van der Waals surface area contributed by atoms with Crippen molar-refractivity contribution in [3.05, 3.63) is 65.2 Å². The zero-order valence-electron chi connectivity index (χ0n) is 18.9. The highest BCUT2D eigenvalue weighted by molar-refractivity contribution is 7.89. The number of nitrogens with zero attached hydrogens (tertiary/aromatic N) is 4. The number of aromatic nitrogens is 2. The Balaban J connectivity index is 1.47. The smallest absolute Gasteiger partial charge is 0.246 e. The summed E-state index contributed by atoms with van der Waals surface area (Å²) < 4.78 is 33.2. The van der Waals surface area contributed by atoms with E-state index in [2.05, 4.69) is 47.1 Å². The lowest BCUT2D eigenvalue weighted by atomic mass is 10.0. The summed E-state index contributed by atoms with van der Waals surface area (Å²) in [6.07, 6.45) is 0. The van der Waals surface area contributed by atoms with Gasteiger partial charge >= 0.3 is 0 Å². The molecule has 0 spiro atoms. The van der Waals surface area contributed by atoms with Gasteiger partial charge in [-0.15, -0.1) is 10.2 Å². The molecule has 4 rings (SSSR count). The van der Waals surface area contributed by atoms with E-state index in [1.807, 2.05) is 25.1 Å². The number of hydrogen-bond acceptors (Lipinski definition) is 6. The van der Waals surface area contributed by atoms with E-state index < -0.39 is 10.0 Å². The first-order valence-electron chi connectivity index (χ1n) is 10.6. The fourth-order valence-corrected chi connectivity index (χ4v) is 5.68. The fourth-order valence-electron chi connectivity index (χ4n) is 4.02. The molecule has 1 aliphatic rings. The van der Waals surface area contributed by atoms with E-state index in [9.17, 15) is 8.42 Å². The van der Waals surface area contributed by atoms with Crippen LogP contribution in [0.25, 0.3) is 11.3 Å². The fraction of sp³-hybridized carbons (Fsp3) is 0.333. The van der Waals surface area contributed by atoms with Crippen molar-refractivity contribution in [1.82, 2.24) is 14.5 Å². The molecule has 1 saturated heterocycles. The number of anilines is 1. The Bertz CT molecular complexity index is 1220. The molecule has 0 radical (unpaired) electrons. The van der Waals surface area contributed by atoms with Gasteiger partial charge in [-0.05, 0) is 56.2 Å². The highest BCUT2D eigenvalue weighted by Crippen LogP contribution is 2.29. The van der Waals surface area contributed by atoms with Crippen LogP contribution in [-0.2, 0) is 10.0 Å². The predicted octanol–water partition coefficient (Wildman–Crippen LogP) is 3.59. The molecule has 0 N–H and O–H groups in total. The Morgan fingerprint density at radius 3 is 2.16 bits per heavy atom. The highest BCUT2D eigenvalue weighted by atomic mass is 32.2. The Morgan fingerprint density at radius 2 is 1.53 bits per heavy atom. The molecular formula is C24H28N4O3S. The van der Waals surface area contributed by atoms with Gasteiger partial charge in [-0.3, -0.25) is 0 Å². The van der Waals surface area contributed by atoms with Crippen LogP contribution in [0.2, 0.25) is 0 Å². The monoisotopic (exact) mass is 452 g/mol. The molecule has 1 aromatic heterocycles. The van der Waals surface area contributed by atoms with E-state index >= 15 is 0 Å². The molecular weight excluding hydrogens is 424 g/mol. The second kappa shape index (κ2) is 8.88. The number of piperazine rings is 1. The number of rotatable bonds is 5. The Kier molecular flexibility index (Phi) is 6.17. The molecule has 3 aromatic rings. The summed E-state index contributed by atoms with van der Waals surface area (Å²) in [5.74, 6) is 1.12. The standard InChI is InChI=1S/C24H28N4O3S/c1-17-5-7-20(19(3)15-17)21-8-10-24(26-25-21)27-11-13-28(14-12-27)32(29,30)23-16-18(2)6-9-22(23)31-4/h5-10,15-16H,11-14H2,1-4H3. The first kappa shape index (κ1) is 22.2. The maximum absolute atomic E-state index is 13.2. The zero-order chi connectivity index (χ0) is 22.9. The summed E-state index contributed by atoms with van der Waals surface area (Å²) in [5, 5.41) is 8.84. The summed E-state index contributed by atoms with van der Waals surface area (Å²) in [4.78, 5) is 2.28. The molecule has 0 atom stereocenters. The maximum Gasteiger partial charge on any atom is 0.246 e. The maximum atomic E-state index is 13.2. The minimum atomic E-state index is -3.64. The van der Waals surface area contributed by atoms with Crippen molar-refractivity contribution in [3.63, 3.8) is 0 Å². The third-order valence-corrected chi connectivity index (χ3v) is 7.73. The van der Waals surface area contributed by atoms with E-state index in [1.165, 1.54) is 17.0 Å². The third kappa shape index (κ3) is 4.33. The quantitative estimate of drug-likeness (QED) is 0.589. The number of sulfonamides is 1. The minimum absolute atomic E-state index is 0.214. The van der Waals surface area contributed by atoms with Gasteiger partial charge in [0.15, 0.2) is 5.82 Å². The van der Waals surface area contributed by atoms with Gasteiger partial charge in [0.05, 0.1) is 12.8 Å². The van der Waals surface area contributed by atoms with Crippen molar-refractivity contribution in [2.75, 3.05) is 38.2 Å². The van der Waals surface area contributed by atoms with Gasteiger partial charge in [0, 0.05) is 31.7 Å². The van der Waals surface area contributed by atoms with Crippen LogP contribution in [0.1, 0.15) is 16.7 Å². The van der Waals surface area contributed by atoms with Crippen LogP contribution in [0.5, 0.6) is 5.75 Å². The molecule has 0 saturated carbocycles. The minimum Gasteiger partial charge on any atom is -0.495 e. The largest absolute Gasteiger partial charge is 0.495 e. The van der Waals surface area contributed by atoms with Gasteiger partial charge in [0.2, 0.25) is 10.0 Å². The summed E-state index contributed by atoms with van der Waals surface area (Å²) in [5.41, 5.74) is 5.16. The average Bonchev–Trinajstić information content (AvgIpc) is 2.79. The summed E-state index contributed by atoms with van der Waals surface area (Å²) in [6.45, 7) is 7.85. The van der Waals surface area contributed by atoms with Crippen LogP contribution < -0.4 is 9.64 Å². The van der Waals surface area contributed by atoms with Crippen LogP contribution in [0.3, 0.4) is 0 Å². The normalized spacial score (nSPS) is 15.1. The molecule has 2 aromatic carbocycles. The zero-order valence-corrected chi connectivity index (χ0v) is 19.7. The molecule has 0 bridgehead atoms. The van der Waals surface area contributed by atoms with Crippen molar-refractivity contribution >= 4 is 15.8 Å². The van der Waals surface area contributed by atoms with Crippen molar-refractivity contribution in [2.24, 2.45) is 0 Å². The van der Waals surface area contributed by atoms with Crippen LogP contribution in [0, 0.1) is 20.8 Å². The highest BCUT2D eigenvalue weighted by Gasteiger charge is 2.31. The molecule has 0 amide bonds. The van der Waals surface area contributed by atoms with Crippen LogP contribution in [0.4, 0.5) is 5.82 Å². The van der Waals surface area contributed by atoms with Crippen molar-refractivity contribution in [2.45, 2.75) is 25.7 Å². The van der Waals surface area contributed by atoms with Crippen LogP contribution >= 0.6 is 0 Å². The summed E-state index contributed by atoms with van der Waals surface area (Å²) in [7, 11) is -2.15. The van der Waals surface area contributed by atoms with Crippen molar-refractivity contribution < 1.29 is 13.2 Å². The summed E-state index contributed by atoms with van der Waals surface area (Å²) >= 11 is 0. The molecule has 8 heteroatoms. The Labute approximate surface area is 189 Å². The van der Waals surface area contributed by atoms with Gasteiger partial charge in [0.1, 0.15) is 10.6 Å². The van der Waals surface area contributed by atoms with Crippen LogP contribution in [0.15, 0.2) is 53.4 Å². The average molecular weight is 453 g/mol. The molecule has 7 nitrogen and oxygen atoms in total. The number of ether oxygens (including phenoxy) is 1. The molecule has 2 heterocycles. The molecule has 1 fully saturated rings. The number of aryl methyl sites for hydroxylation is 3. The summed E-state index contributed by atoms with van der Waals surface area (Å²) in [6, 6.07) is 15.4. The second-order valence-corrected chi connectivity index (χ2v) is 10.0. The number of hydrogen-bond donors (Lipinski definition) is 0.